The van der Waals surface area contributed by atoms with Gasteiger partial charge in [0, 0.05) is 31.5 Å². The minimum Gasteiger partial charge on any atom is -0.393 e. The van der Waals surface area contributed by atoms with E-state index in [0.29, 0.717) is 11.5 Å². The molecule has 0 spiro atoms. The summed E-state index contributed by atoms with van der Waals surface area (Å²) in [5.41, 5.74) is 0.734. The topological polar surface area (TPSA) is 78.4 Å². The third-order valence-corrected chi connectivity index (χ3v) is 5.40. The molecular formula is C18H28N4O2. The number of rotatable bonds is 3. The number of carbonyl (C=O) groups excluding carboxylic acids is 1. The summed E-state index contributed by atoms with van der Waals surface area (Å²) in [5, 5.41) is 12.7. The second-order valence-corrected chi connectivity index (χ2v) is 8.55. The summed E-state index contributed by atoms with van der Waals surface area (Å²) in [6, 6.07) is 0.153. The first-order chi connectivity index (χ1) is 11.2. The third kappa shape index (κ3) is 3.24. The van der Waals surface area contributed by atoms with Gasteiger partial charge in [0.2, 0.25) is 5.95 Å². The fraction of sp³-hybridized carbons (Fsp3) is 0.722. The van der Waals surface area contributed by atoms with Crippen LogP contribution >= 0.6 is 0 Å². The van der Waals surface area contributed by atoms with E-state index in [1.807, 2.05) is 4.90 Å². The SMILES string of the molecule is CC1(C)CC(C)(C)C1NC(=O)c1cnc(N2CCC(O)CC2)nc1. The molecule has 2 fully saturated rings. The lowest BCUT2D eigenvalue weighted by Crippen LogP contribution is -2.63. The number of amides is 1. The van der Waals surface area contributed by atoms with Gasteiger partial charge in [-0.1, -0.05) is 27.7 Å². The van der Waals surface area contributed by atoms with Gasteiger partial charge in [0.25, 0.3) is 5.91 Å². The monoisotopic (exact) mass is 332 g/mol. The molecular weight excluding hydrogens is 304 g/mol. The highest BCUT2D eigenvalue weighted by molar-refractivity contribution is 5.94. The van der Waals surface area contributed by atoms with Gasteiger partial charge in [-0.25, -0.2) is 9.97 Å². The Balaban J connectivity index is 1.64. The summed E-state index contributed by atoms with van der Waals surface area (Å²) in [4.78, 5) is 23.3. The molecule has 1 aromatic rings. The number of aliphatic hydroxyl groups excluding tert-OH is 1. The molecule has 132 valence electrons. The van der Waals surface area contributed by atoms with E-state index in [-0.39, 0.29) is 28.9 Å². The Kier molecular flexibility index (Phi) is 4.28. The van der Waals surface area contributed by atoms with Crippen LogP contribution in [-0.2, 0) is 0 Å². The number of anilines is 1. The number of nitrogens with zero attached hydrogens (tertiary/aromatic N) is 3. The number of nitrogens with one attached hydrogen (secondary N) is 1. The molecule has 3 rings (SSSR count). The quantitative estimate of drug-likeness (QED) is 0.885. The highest BCUT2D eigenvalue weighted by Gasteiger charge is 2.53. The summed E-state index contributed by atoms with van der Waals surface area (Å²) < 4.78 is 0. The van der Waals surface area contributed by atoms with Crippen LogP contribution in [0.4, 0.5) is 5.95 Å². The fourth-order valence-electron chi connectivity index (χ4n) is 4.58. The van der Waals surface area contributed by atoms with Gasteiger partial charge in [-0.2, -0.15) is 0 Å². The smallest absolute Gasteiger partial charge is 0.254 e. The standard InChI is InChI=1S/C18H28N4O2/c1-17(2)11-18(3,4)15(17)21-14(24)12-9-19-16(20-10-12)22-7-5-13(23)6-8-22/h9-10,13,15,23H,5-8,11H2,1-4H3,(H,21,24). The van der Waals surface area contributed by atoms with Crippen molar-refractivity contribution in [3.05, 3.63) is 18.0 Å². The maximum absolute atomic E-state index is 12.5. The van der Waals surface area contributed by atoms with E-state index in [2.05, 4.69) is 43.0 Å². The second-order valence-electron chi connectivity index (χ2n) is 8.55. The lowest BCUT2D eigenvalue weighted by atomic mass is 9.52. The molecule has 1 aliphatic heterocycles. The van der Waals surface area contributed by atoms with Crippen molar-refractivity contribution in [3.63, 3.8) is 0 Å². The molecule has 2 heterocycles. The van der Waals surface area contributed by atoms with Gasteiger partial charge in [-0.05, 0) is 30.1 Å². The molecule has 2 aliphatic rings. The van der Waals surface area contributed by atoms with Gasteiger partial charge in [0.15, 0.2) is 0 Å². The Hall–Kier alpha value is -1.69. The predicted molar refractivity (Wildman–Crippen MR) is 92.9 cm³/mol. The highest BCUT2D eigenvalue weighted by Crippen LogP contribution is 2.53. The van der Waals surface area contributed by atoms with Gasteiger partial charge < -0.3 is 15.3 Å². The maximum atomic E-state index is 12.5. The number of aromatic nitrogens is 2. The van der Waals surface area contributed by atoms with Crippen LogP contribution in [-0.4, -0.2) is 46.2 Å². The minimum absolute atomic E-state index is 0.110. The van der Waals surface area contributed by atoms with Crippen molar-refractivity contribution in [2.45, 2.75) is 59.1 Å². The predicted octanol–water partition coefficient (Wildman–Crippen LogP) is 1.99. The van der Waals surface area contributed by atoms with Gasteiger partial charge in [-0.15, -0.1) is 0 Å². The Morgan fingerprint density at radius 2 is 1.71 bits per heavy atom. The van der Waals surface area contributed by atoms with Crippen molar-refractivity contribution in [2.24, 2.45) is 10.8 Å². The zero-order chi connectivity index (χ0) is 17.5. The summed E-state index contributed by atoms with van der Waals surface area (Å²) in [7, 11) is 0. The number of hydrogen-bond acceptors (Lipinski definition) is 5. The first kappa shape index (κ1) is 17.1. The van der Waals surface area contributed by atoms with Crippen molar-refractivity contribution >= 4 is 11.9 Å². The zero-order valence-electron chi connectivity index (χ0n) is 15.0. The van der Waals surface area contributed by atoms with Crippen LogP contribution in [0, 0.1) is 10.8 Å². The summed E-state index contributed by atoms with van der Waals surface area (Å²) >= 11 is 0. The van der Waals surface area contributed by atoms with Crippen LogP contribution < -0.4 is 10.2 Å². The molecule has 1 aliphatic carbocycles. The molecule has 1 saturated carbocycles. The van der Waals surface area contributed by atoms with E-state index >= 15 is 0 Å². The summed E-state index contributed by atoms with van der Waals surface area (Å²) in [6.45, 7) is 10.2. The second kappa shape index (κ2) is 5.99. The van der Waals surface area contributed by atoms with Crippen LogP contribution in [0.15, 0.2) is 12.4 Å². The first-order valence-electron chi connectivity index (χ1n) is 8.75. The molecule has 0 unspecified atom stereocenters. The average molecular weight is 332 g/mol. The van der Waals surface area contributed by atoms with Gasteiger partial charge in [0.1, 0.15) is 0 Å². The molecule has 2 N–H and O–H groups in total. The molecule has 1 saturated heterocycles. The van der Waals surface area contributed by atoms with Crippen molar-refractivity contribution in [3.8, 4) is 0 Å². The van der Waals surface area contributed by atoms with Gasteiger partial charge in [-0.3, -0.25) is 4.79 Å². The fourth-order valence-corrected chi connectivity index (χ4v) is 4.58. The lowest BCUT2D eigenvalue weighted by Gasteiger charge is -2.57. The van der Waals surface area contributed by atoms with E-state index < -0.39 is 0 Å². The number of piperidine rings is 1. The zero-order valence-corrected chi connectivity index (χ0v) is 15.0. The molecule has 0 bridgehead atoms. The van der Waals surface area contributed by atoms with E-state index in [1.54, 1.807) is 12.4 Å². The Labute approximate surface area is 143 Å². The maximum Gasteiger partial charge on any atom is 0.254 e. The Bertz CT molecular complexity index is 590. The molecule has 0 radical (unpaired) electrons. The minimum atomic E-state index is -0.222. The van der Waals surface area contributed by atoms with E-state index in [4.69, 9.17) is 0 Å². The van der Waals surface area contributed by atoms with E-state index in [9.17, 15) is 9.90 Å². The normalized spacial score (nSPS) is 23.6. The van der Waals surface area contributed by atoms with E-state index in [0.717, 1.165) is 32.4 Å². The van der Waals surface area contributed by atoms with Gasteiger partial charge in [0.05, 0.1) is 11.7 Å². The molecule has 0 aromatic carbocycles. The van der Waals surface area contributed by atoms with Gasteiger partial charge >= 0.3 is 0 Å². The lowest BCUT2D eigenvalue weighted by molar-refractivity contribution is -0.0366. The van der Waals surface area contributed by atoms with Crippen molar-refractivity contribution in [2.75, 3.05) is 18.0 Å². The van der Waals surface area contributed by atoms with Crippen LogP contribution in [0.3, 0.4) is 0 Å². The van der Waals surface area contributed by atoms with E-state index in [1.165, 1.54) is 0 Å². The van der Waals surface area contributed by atoms with Crippen molar-refractivity contribution in [1.29, 1.82) is 0 Å². The Morgan fingerprint density at radius 1 is 1.17 bits per heavy atom. The number of carbonyl (C=O) groups is 1. The van der Waals surface area contributed by atoms with Crippen LogP contribution in [0.25, 0.3) is 0 Å². The molecule has 1 aromatic heterocycles. The van der Waals surface area contributed by atoms with Crippen LogP contribution in [0.5, 0.6) is 0 Å². The molecule has 6 nitrogen and oxygen atoms in total. The summed E-state index contributed by atoms with van der Waals surface area (Å²) in [6.07, 6.45) is 5.54. The van der Waals surface area contributed by atoms with Crippen LogP contribution in [0.1, 0.15) is 57.3 Å². The van der Waals surface area contributed by atoms with Crippen LogP contribution in [0.2, 0.25) is 0 Å². The summed E-state index contributed by atoms with van der Waals surface area (Å²) in [5.74, 6) is 0.518. The molecule has 24 heavy (non-hydrogen) atoms. The average Bonchev–Trinajstić information content (AvgIpc) is 2.52. The third-order valence-electron chi connectivity index (χ3n) is 5.40. The molecule has 0 atom stereocenters. The molecule has 1 amide bonds. The van der Waals surface area contributed by atoms with Crippen molar-refractivity contribution in [1.82, 2.24) is 15.3 Å². The highest BCUT2D eigenvalue weighted by atomic mass is 16.3. The molecule has 6 heteroatoms. The largest absolute Gasteiger partial charge is 0.393 e. The first-order valence-corrected chi connectivity index (χ1v) is 8.75. The van der Waals surface area contributed by atoms with Crippen molar-refractivity contribution < 1.29 is 9.90 Å². The number of hydrogen-bond donors (Lipinski definition) is 2. The number of aliphatic hydroxyl groups is 1. The Morgan fingerprint density at radius 3 is 2.21 bits per heavy atom.